The number of fused-ring (bicyclic) bond motifs is 1. The first-order valence-electron chi connectivity index (χ1n) is 9.18. The van der Waals surface area contributed by atoms with E-state index in [2.05, 4.69) is 5.32 Å². The molecular weight excluding hydrogens is 357 g/mol. The van der Waals surface area contributed by atoms with Crippen LogP contribution in [0.15, 0.2) is 54.6 Å². The highest BCUT2D eigenvalue weighted by molar-refractivity contribution is 5.89. The second-order valence-electron chi connectivity index (χ2n) is 6.85. The number of anilines is 1. The number of phenols is 1. The van der Waals surface area contributed by atoms with Crippen molar-refractivity contribution in [3.05, 3.63) is 66.0 Å². The number of halogens is 1. The topological polar surface area (TPSA) is 58.6 Å². The number of para-hydroxylation sites is 1. The maximum Gasteiger partial charge on any atom is 0.221 e. The van der Waals surface area contributed by atoms with Crippen LogP contribution in [0.5, 0.6) is 11.5 Å². The van der Waals surface area contributed by atoms with Gasteiger partial charge in [0.25, 0.3) is 0 Å². The third-order valence-corrected chi connectivity index (χ3v) is 4.85. The first kappa shape index (κ1) is 18.0. The third-order valence-electron chi connectivity index (χ3n) is 4.85. The Labute approximate surface area is 162 Å². The molecule has 2 N–H and O–H groups in total. The second-order valence-corrected chi connectivity index (χ2v) is 6.85. The molecule has 5 heteroatoms. The zero-order valence-electron chi connectivity index (χ0n) is 15.5. The van der Waals surface area contributed by atoms with E-state index >= 15 is 0 Å². The van der Waals surface area contributed by atoms with E-state index in [1.54, 1.807) is 12.1 Å². The summed E-state index contributed by atoms with van der Waals surface area (Å²) in [5.74, 6) is 0.0865. The number of carbonyl (C=O) groups is 1. The average Bonchev–Trinajstić information content (AvgIpc) is 2.69. The molecule has 0 fully saturated rings. The molecular formula is C23H20FNO3. The van der Waals surface area contributed by atoms with Crippen molar-refractivity contribution in [3.63, 3.8) is 0 Å². The van der Waals surface area contributed by atoms with Crippen molar-refractivity contribution < 1.29 is 19.0 Å². The van der Waals surface area contributed by atoms with Gasteiger partial charge >= 0.3 is 0 Å². The van der Waals surface area contributed by atoms with E-state index in [0.717, 1.165) is 36.3 Å². The van der Waals surface area contributed by atoms with E-state index in [0.29, 0.717) is 16.7 Å². The number of hydrogen-bond donors (Lipinski definition) is 2. The van der Waals surface area contributed by atoms with E-state index in [4.69, 9.17) is 4.74 Å². The molecule has 0 saturated carbocycles. The molecule has 1 amide bonds. The molecule has 0 aromatic heterocycles. The molecule has 1 aliphatic rings. The van der Waals surface area contributed by atoms with Gasteiger partial charge in [-0.1, -0.05) is 30.3 Å². The molecule has 4 nitrogen and oxygen atoms in total. The molecule has 0 saturated heterocycles. The van der Waals surface area contributed by atoms with Crippen LogP contribution in [0.4, 0.5) is 10.1 Å². The van der Waals surface area contributed by atoms with Gasteiger partial charge < -0.3 is 15.2 Å². The van der Waals surface area contributed by atoms with E-state index in [1.807, 2.05) is 30.3 Å². The molecule has 1 heterocycles. The fraction of sp³-hybridized carbons (Fsp3) is 0.174. The minimum atomic E-state index is -0.552. The zero-order valence-corrected chi connectivity index (χ0v) is 15.5. The molecule has 0 radical (unpaired) electrons. The molecule has 3 aromatic carbocycles. The minimum Gasteiger partial charge on any atom is -0.507 e. The largest absolute Gasteiger partial charge is 0.507 e. The number of amides is 1. The number of aromatic hydroxyl groups is 1. The van der Waals surface area contributed by atoms with E-state index in [-0.39, 0.29) is 17.3 Å². The van der Waals surface area contributed by atoms with Gasteiger partial charge in [-0.15, -0.1) is 0 Å². The molecule has 3 aromatic rings. The van der Waals surface area contributed by atoms with Crippen molar-refractivity contribution in [3.8, 4) is 33.8 Å². The zero-order chi connectivity index (χ0) is 19.7. The van der Waals surface area contributed by atoms with Gasteiger partial charge in [0.05, 0.1) is 12.3 Å². The summed E-state index contributed by atoms with van der Waals surface area (Å²) in [7, 11) is 0. The molecule has 0 bridgehead atoms. The Kier molecular flexibility index (Phi) is 4.74. The number of rotatable bonds is 3. The van der Waals surface area contributed by atoms with Gasteiger partial charge in [-0.05, 0) is 53.8 Å². The van der Waals surface area contributed by atoms with Crippen LogP contribution in [0.3, 0.4) is 0 Å². The highest BCUT2D eigenvalue weighted by Crippen LogP contribution is 2.40. The SMILES string of the molecule is CC(=O)Nc1ccc(-c2cccc(-c3ccc4c(c3)CCCO4)c2O)cc1F. The Hall–Kier alpha value is -3.34. The lowest BCUT2D eigenvalue weighted by molar-refractivity contribution is -0.114. The summed E-state index contributed by atoms with van der Waals surface area (Å²) < 4.78 is 20.0. The number of ether oxygens (including phenoxy) is 1. The molecule has 0 unspecified atom stereocenters. The van der Waals surface area contributed by atoms with E-state index < -0.39 is 5.82 Å². The number of aryl methyl sites for hydroxylation is 1. The van der Waals surface area contributed by atoms with Gasteiger partial charge in [0.15, 0.2) is 0 Å². The van der Waals surface area contributed by atoms with Gasteiger partial charge in [0.2, 0.25) is 5.91 Å². The first-order valence-corrected chi connectivity index (χ1v) is 9.18. The van der Waals surface area contributed by atoms with Crippen LogP contribution in [0.2, 0.25) is 0 Å². The molecule has 0 aliphatic carbocycles. The molecule has 4 rings (SSSR count). The summed E-state index contributed by atoms with van der Waals surface area (Å²) in [4.78, 5) is 11.2. The maximum atomic E-state index is 14.3. The smallest absolute Gasteiger partial charge is 0.221 e. The molecule has 0 atom stereocenters. The lowest BCUT2D eigenvalue weighted by Gasteiger charge is -2.18. The summed E-state index contributed by atoms with van der Waals surface area (Å²) in [5.41, 5.74) is 3.86. The van der Waals surface area contributed by atoms with Crippen LogP contribution in [0.25, 0.3) is 22.3 Å². The summed E-state index contributed by atoms with van der Waals surface area (Å²) in [6.45, 7) is 2.05. The molecule has 1 aliphatic heterocycles. The van der Waals surface area contributed by atoms with Crippen molar-refractivity contribution in [2.24, 2.45) is 0 Å². The van der Waals surface area contributed by atoms with Gasteiger partial charge in [-0.25, -0.2) is 4.39 Å². The fourth-order valence-corrected chi connectivity index (χ4v) is 3.51. The quantitative estimate of drug-likeness (QED) is 0.664. The Balaban J connectivity index is 1.73. The van der Waals surface area contributed by atoms with Crippen molar-refractivity contribution in [2.45, 2.75) is 19.8 Å². The Bertz CT molecular complexity index is 1060. The standard InChI is InChI=1S/C23H20FNO3/c1-14(26)25-21-9-7-16(13-20(21)24)19-6-2-5-18(23(19)27)15-8-10-22-17(12-15)4-3-11-28-22/h2,5-10,12-13,27H,3-4,11H2,1H3,(H,25,26). The summed E-state index contributed by atoms with van der Waals surface area (Å²) >= 11 is 0. The fourth-order valence-electron chi connectivity index (χ4n) is 3.51. The summed E-state index contributed by atoms with van der Waals surface area (Å²) in [5, 5.41) is 13.3. The summed E-state index contributed by atoms with van der Waals surface area (Å²) in [6, 6.07) is 15.8. The second kappa shape index (κ2) is 7.35. The number of hydrogen-bond acceptors (Lipinski definition) is 3. The predicted molar refractivity (Wildman–Crippen MR) is 107 cm³/mol. The third kappa shape index (κ3) is 3.43. The average molecular weight is 377 g/mol. The molecule has 0 spiro atoms. The number of nitrogens with one attached hydrogen (secondary N) is 1. The van der Waals surface area contributed by atoms with Crippen LogP contribution in [-0.4, -0.2) is 17.6 Å². The molecule has 28 heavy (non-hydrogen) atoms. The van der Waals surface area contributed by atoms with Crippen molar-refractivity contribution in [2.75, 3.05) is 11.9 Å². The van der Waals surface area contributed by atoms with Gasteiger partial charge in [0.1, 0.15) is 17.3 Å². The maximum absolute atomic E-state index is 14.3. The van der Waals surface area contributed by atoms with Gasteiger partial charge in [-0.2, -0.15) is 0 Å². The normalized spacial score (nSPS) is 12.8. The van der Waals surface area contributed by atoms with Crippen molar-refractivity contribution in [1.29, 1.82) is 0 Å². The van der Waals surface area contributed by atoms with Crippen LogP contribution < -0.4 is 10.1 Å². The predicted octanol–water partition coefficient (Wildman–Crippen LogP) is 5.15. The lowest BCUT2D eigenvalue weighted by Crippen LogP contribution is -2.08. The van der Waals surface area contributed by atoms with E-state index in [9.17, 15) is 14.3 Å². The first-order chi connectivity index (χ1) is 13.5. The minimum absolute atomic E-state index is 0.0888. The van der Waals surface area contributed by atoms with Crippen molar-refractivity contribution in [1.82, 2.24) is 0 Å². The van der Waals surface area contributed by atoms with Gasteiger partial charge in [-0.3, -0.25) is 4.79 Å². The Morgan fingerprint density at radius 1 is 1.07 bits per heavy atom. The number of phenolic OH excluding ortho intramolecular Hbond substituents is 1. The highest BCUT2D eigenvalue weighted by Gasteiger charge is 2.16. The van der Waals surface area contributed by atoms with Crippen LogP contribution in [-0.2, 0) is 11.2 Å². The monoisotopic (exact) mass is 377 g/mol. The highest BCUT2D eigenvalue weighted by atomic mass is 19.1. The number of benzene rings is 3. The number of carbonyl (C=O) groups excluding carboxylic acids is 1. The van der Waals surface area contributed by atoms with Crippen LogP contribution in [0.1, 0.15) is 18.9 Å². The van der Waals surface area contributed by atoms with Crippen LogP contribution >= 0.6 is 0 Å². The van der Waals surface area contributed by atoms with Crippen molar-refractivity contribution >= 4 is 11.6 Å². The molecule has 142 valence electrons. The van der Waals surface area contributed by atoms with E-state index in [1.165, 1.54) is 19.1 Å². The van der Waals surface area contributed by atoms with Gasteiger partial charge in [0, 0.05) is 18.1 Å². The Morgan fingerprint density at radius 3 is 2.50 bits per heavy atom. The summed E-state index contributed by atoms with van der Waals surface area (Å²) in [6.07, 6.45) is 1.92. The lowest BCUT2D eigenvalue weighted by atomic mass is 9.94. The Morgan fingerprint density at radius 2 is 1.79 bits per heavy atom. The van der Waals surface area contributed by atoms with Crippen LogP contribution in [0, 0.1) is 5.82 Å².